The number of nitrogens with zero attached hydrogens (tertiary/aromatic N) is 3. The van der Waals surface area contributed by atoms with Crippen molar-refractivity contribution in [2.24, 2.45) is 11.3 Å². The van der Waals surface area contributed by atoms with Gasteiger partial charge in [-0.2, -0.15) is 0 Å². The number of imidazole rings is 1. The highest BCUT2D eigenvalue weighted by molar-refractivity contribution is 6.30. The van der Waals surface area contributed by atoms with Crippen LogP contribution < -0.4 is 5.73 Å². The minimum atomic E-state index is -2.64. The van der Waals surface area contributed by atoms with Crippen LogP contribution >= 0.6 is 11.6 Å². The lowest BCUT2D eigenvalue weighted by molar-refractivity contribution is -0.151. The molecular formula is C30H31ClF2N4O3. The fourth-order valence-electron chi connectivity index (χ4n) is 5.96. The van der Waals surface area contributed by atoms with E-state index in [2.05, 4.69) is 4.98 Å². The second-order valence-electron chi connectivity index (χ2n) is 11.1. The zero-order valence-electron chi connectivity index (χ0n) is 22.4. The Kier molecular flexibility index (Phi) is 7.08. The highest BCUT2D eigenvalue weighted by Gasteiger charge is 2.49. The summed E-state index contributed by atoms with van der Waals surface area (Å²) in [6.45, 7) is 5.42. The number of halogens is 3. The lowest BCUT2D eigenvalue weighted by Gasteiger charge is -2.28. The maximum atomic E-state index is 13.3. The normalized spacial score (nSPS) is 20.9. The predicted octanol–water partition coefficient (Wildman–Crippen LogP) is 6.82. The molecule has 2 aromatic carbocycles. The minimum absolute atomic E-state index is 0.0513. The zero-order chi connectivity index (χ0) is 29.0. The number of aromatic nitrogens is 3. The number of carboxylic acid groups (broad SMARTS) is 1. The summed E-state index contributed by atoms with van der Waals surface area (Å²) in [5.41, 5.74) is 6.37. The van der Waals surface area contributed by atoms with E-state index in [9.17, 15) is 23.8 Å². The summed E-state index contributed by atoms with van der Waals surface area (Å²) in [5.74, 6) is -0.150. The molecule has 0 spiro atoms. The Labute approximate surface area is 235 Å². The molecule has 1 saturated carbocycles. The Balaban J connectivity index is 1.57. The van der Waals surface area contributed by atoms with Gasteiger partial charge in [-0.15, -0.1) is 0 Å². The summed E-state index contributed by atoms with van der Waals surface area (Å²) in [5, 5.41) is 21.7. The number of carbonyl (C=O) groups is 1. The Morgan fingerprint density at radius 2 is 1.90 bits per heavy atom. The van der Waals surface area contributed by atoms with Crippen LogP contribution in [0.3, 0.4) is 0 Å². The van der Waals surface area contributed by atoms with E-state index in [1.807, 2.05) is 13.8 Å². The van der Waals surface area contributed by atoms with Gasteiger partial charge >= 0.3 is 5.97 Å². The van der Waals surface area contributed by atoms with Crippen molar-refractivity contribution < 1.29 is 23.8 Å². The summed E-state index contributed by atoms with van der Waals surface area (Å²) < 4.78 is 28.3. The van der Waals surface area contributed by atoms with E-state index >= 15 is 0 Å². The summed E-state index contributed by atoms with van der Waals surface area (Å²) >= 11 is 6.60. The molecule has 5 rings (SSSR count). The molecule has 4 aromatic rings. The van der Waals surface area contributed by atoms with Gasteiger partial charge in [0.25, 0.3) is 6.43 Å². The number of anilines is 1. The van der Waals surface area contributed by atoms with Crippen LogP contribution in [0.1, 0.15) is 74.9 Å². The quantitative estimate of drug-likeness (QED) is 0.225. The molecule has 1 aliphatic carbocycles. The lowest BCUT2D eigenvalue weighted by Crippen LogP contribution is -2.33. The number of carboxylic acids is 1. The molecule has 210 valence electrons. The van der Waals surface area contributed by atoms with Gasteiger partial charge in [-0.05, 0) is 49.3 Å². The smallest absolute Gasteiger partial charge is 0.309 e. The van der Waals surface area contributed by atoms with Gasteiger partial charge in [0.15, 0.2) is 0 Å². The first kappa shape index (κ1) is 28.0. The third-order valence-electron chi connectivity index (χ3n) is 8.54. The van der Waals surface area contributed by atoms with Crippen molar-refractivity contribution >= 4 is 28.9 Å². The SMILES string of the molecule is CC(C)[C@@]1(C(=O)O)CC[C@@H](c2nc(-c3ccc(C(C)(O)c4cccc(C(F)F)c4)cc3)c3c(N)ncc(Cl)n23)C1. The maximum absolute atomic E-state index is 13.3. The summed E-state index contributed by atoms with van der Waals surface area (Å²) in [6.07, 6.45) is 0.406. The number of hydrogen-bond donors (Lipinski definition) is 3. The van der Waals surface area contributed by atoms with E-state index in [4.69, 9.17) is 22.3 Å². The monoisotopic (exact) mass is 568 g/mol. The second kappa shape index (κ2) is 10.1. The van der Waals surface area contributed by atoms with E-state index < -0.39 is 23.4 Å². The van der Waals surface area contributed by atoms with E-state index in [0.717, 1.165) is 0 Å². The molecule has 3 atom stereocenters. The standard InChI is InChI=1S/C30H31ClF2N4O3/c1-16(2)30(28(38)39)12-11-19(14-30)27-36-23(24-26(34)35-15-22(31)37(24)27)17-7-9-20(10-8-17)29(3,40)21-6-4-5-18(13-21)25(32)33/h4-10,13,15-16,19,25,40H,11-12,14H2,1-3H3,(H2,34,35)(H,38,39)/t19-,29?,30-/m1/s1. The molecule has 1 aliphatic rings. The van der Waals surface area contributed by atoms with E-state index in [1.165, 1.54) is 24.4 Å². The second-order valence-corrected chi connectivity index (χ2v) is 11.5. The molecular weight excluding hydrogens is 538 g/mol. The van der Waals surface area contributed by atoms with Crippen molar-refractivity contribution in [1.82, 2.24) is 14.4 Å². The van der Waals surface area contributed by atoms with Crippen LogP contribution in [0.25, 0.3) is 16.8 Å². The van der Waals surface area contributed by atoms with Gasteiger partial charge in [-0.25, -0.2) is 18.7 Å². The van der Waals surface area contributed by atoms with E-state index in [0.29, 0.717) is 58.1 Å². The fourth-order valence-corrected chi connectivity index (χ4v) is 6.18. The van der Waals surface area contributed by atoms with Crippen molar-refractivity contribution in [2.45, 2.75) is 58.0 Å². The van der Waals surface area contributed by atoms with Gasteiger partial charge in [0.2, 0.25) is 0 Å². The van der Waals surface area contributed by atoms with Crippen molar-refractivity contribution in [3.05, 3.63) is 82.4 Å². The van der Waals surface area contributed by atoms with Crippen LogP contribution in [0.2, 0.25) is 5.15 Å². The van der Waals surface area contributed by atoms with Crippen molar-refractivity contribution in [3.8, 4) is 11.3 Å². The molecule has 0 amide bonds. The lowest BCUT2D eigenvalue weighted by atomic mass is 9.75. The van der Waals surface area contributed by atoms with Crippen molar-refractivity contribution in [2.75, 3.05) is 5.73 Å². The van der Waals surface area contributed by atoms with Crippen LogP contribution in [0.15, 0.2) is 54.7 Å². The van der Waals surface area contributed by atoms with Crippen LogP contribution in [-0.4, -0.2) is 30.6 Å². The largest absolute Gasteiger partial charge is 0.481 e. The number of nitrogen functional groups attached to an aromatic ring is 1. The van der Waals surface area contributed by atoms with Crippen LogP contribution in [-0.2, 0) is 10.4 Å². The summed E-state index contributed by atoms with van der Waals surface area (Å²) in [4.78, 5) is 21.5. The van der Waals surface area contributed by atoms with Crippen LogP contribution in [0.5, 0.6) is 0 Å². The average Bonchev–Trinajstić information content (AvgIpc) is 3.55. The zero-order valence-corrected chi connectivity index (χ0v) is 23.2. The Hall–Kier alpha value is -3.56. The molecule has 1 unspecified atom stereocenters. The molecule has 2 aromatic heterocycles. The third kappa shape index (κ3) is 4.51. The number of rotatable bonds is 7. The number of fused-ring (bicyclic) bond motifs is 1. The summed E-state index contributed by atoms with van der Waals surface area (Å²) in [6, 6.07) is 12.7. The van der Waals surface area contributed by atoms with Crippen LogP contribution in [0, 0.1) is 11.3 Å². The molecule has 0 bridgehead atoms. The average molecular weight is 569 g/mol. The molecule has 0 saturated heterocycles. The third-order valence-corrected chi connectivity index (χ3v) is 8.80. The Bertz CT molecular complexity index is 1590. The highest BCUT2D eigenvalue weighted by atomic mass is 35.5. The number of hydrogen-bond acceptors (Lipinski definition) is 5. The predicted molar refractivity (Wildman–Crippen MR) is 149 cm³/mol. The molecule has 40 heavy (non-hydrogen) atoms. The van der Waals surface area contributed by atoms with E-state index in [1.54, 1.807) is 41.7 Å². The Morgan fingerprint density at radius 3 is 2.50 bits per heavy atom. The van der Waals surface area contributed by atoms with Gasteiger partial charge in [0.1, 0.15) is 33.6 Å². The van der Waals surface area contributed by atoms with Gasteiger partial charge in [0, 0.05) is 17.0 Å². The van der Waals surface area contributed by atoms with E-state index in [-0.39, 0.29) is 23.2 Å². The number of aliphatic carboxylic acids is 1. The molecule has 1 fully saturated rings. The number of aliphatic hydroxyl groups is 1. The highest BCUT2D eigenvalue weighted by Crippen LogP contribution is 2.51. The van der Waals surface area contributed by atoms with Crippen molar-refractivity contribution in [3.63, 3.8) is 0 Å². The number of alkyl halides is 2. The first-order valence-electron chi connectivity index (χ1n) is 13.1. The molecule has 0 radical (unpaired) electrons. The van der Waals surface area contributed by atoms with Gasteiger partial charge in [0.05, 0.1) is 11.6 Å². The van der Waals surface area contributed by atoms with Crippen LogP contribution in [0.4, 0.5) is 14.6 Å². The number of nitrogens with two attached hydrogens (primary N) is 1. The number of benzene rings is 2. The van der Waals surface area contributed by atoms with Gasteiger partial charge in [-0.1, -0.05) is 67.9 Å². The first-order chi connectivity index (χ1) is 18.9. The topological polar surface area (TPSA) is 114 Å². The molecule has 7 nitrogen and oxygen atoms in total. The molecule has 2 heterocycles. The minimum Gasteiger partial charge on any atom is -0.481 e. The maximum Gasteiger partial charge on any atom is 0.309 e. The molecule has 4 N–H and O–H groups in total. The van der Waals surface area contributed by atoms with Gasteiger partial charge < -0.3 is 15.9 Å². The fraction of sp³-hybridized carbons (Fsp3) is 0.367. The first-order valence-corrected chi connectivity index (χ1v) is 13.5. The summed E-state index contributed by atoms with van der Waals surface area (Å²) in [7, 11) is 0. The van der Waals surface area contributed by atoms with Gasteiger partial charge in [-0.3, -0.25) is 9.20 Å². The molecule has 10 heteroatoms. The van der Waals surface area contributed by atoms with Crippen molar-refractivity contribution in [1.29, 1.82) is 0 Å². The molecule has 0 aliphatic heterocycles. The Morgan fingerprint density at radius 1 is 1.20 bits per heavy atom.